The molecule has 1 fully saturated rings. The lowest BCUT2D eigenvalue weighted by atomic mass is 10.0. The number of benzene rings is 1. The zero-order valence-electron chi connectivity index (χ0n) is 12.8. The molecule has 110 valence electrons. The molecule has 2 rings (SSSR count). The molecule has 1 saturated heterocycles. The van der Waals surface area contributed by atoms with Crippen molar-refractivity contribution in [1.82, 2.24) is 4.90 Å². The van der Waals surface area contributed by atoms with Crippen molar-refractivity contribution in [3.05, 3.63) is 35.4 Å². The van der Waals surface area contributed by atoms with E-state index in [1.165, 1.54) is 18.4 Å². The highest BCUT2D eigenvalue weighted by molar-refractivity contribution is 5.53. The van der Waals surface area contributed by atoms with Gasteiger partial charge in [0.05, 0.1) is 0 Å². The van der Waals surface area contributed by atoms with Gasteiger partial charge in [-0.25, -0.2) is 0 Å². The maximum atomic E-state index is 9.44. The lowest BCUT2D eigenvalue weighted by Crippen LogP contribution is -2.39. The molecule has 0 amide bonds. The summed E-state index contributed by atoms with van der Waals surface area (Å²) in [5, 5.41) is 13.1. The first-order valence-electron chi connectivity index (χ1n) is 7.46. The molecule has 1 heterocycles. The van der Waals surface area contributed by atoms with Crippen LogP contribution < -0.4 is 5.32 Å². The molecule has 1 aliphatic heterocycles. The summed E-state index contributed by atoms with van der Waals surface area (Å²) in [4.78, 5) is 2.51. The SMILES string of the molecule is CC(C)=CCN1CCC(Nc2ccc(O)cc2C)CC1. The zero-order chi connectivity index (χ0) is 14.5. The van der Waals surface area contributed by atoms with Crippen molar-refractivity contribution in [2.24, 2.45) is 0 Å². The molecule has 1 aliphatic rings. The molecule has 0 aliphatic carbocycles. The number of hydrogen-bond donors (Lipinski definition) is 2. The van der Waals surface area contributed by atoms with Crippen LogP contribution in [0.4, 0.5) is 5.69 Å². The first-order valence-corrected chi connectivity index (χ1v) is 7.46. The van der Waals surface area contributed by atoms with E-state index in [-0.39, 0.29) is 0 Å². The van der Waals surface area contributed by atoms with Gasteiger partial charge in [0.25, 0.3) is 0 Å². The minimum absolute atomic E-state index is 0.338. The van der Waals surface area contributed by atoms with Gasteiger partial charge in [-0.15, -0.1) is 0 Å². The van der Waals surface area contributed by atoms with Crippen LogP contribution in [0.15, 0.2) is 29.8 Å². The van der Waals surface area contributed by atoms with E-state index in [1.807, 2.05) is 19.1 Å². The Labute approximate surface area is 122 Å². The summed E-state index contributed by atoms with van der Waals surface area (Å²) in [6, 6.07) is 6.08. The average Bonchev–Trinajstić information content (AvgIpc) is 2.41. The Hall–Kier alpha value is -1.48. The van der Waals surface area contributed by atoms with E-state index in [1.54, 1.807) is 6.07 Å². The number of phenolic OH excluding ortho intramolecular Hbond substituents is 1. The predicted molar refractivity (Wildman–Crippen MR) is 85.4 cm³/mol. The van der Waals surface area contributed by atoms with E-state index in [9.17, 15) is 5.11 Å². The fourth-order valence-electron chi connectivity index (χ4n) is 2.60. The van der Waals surface area contributed by atoms with E-state index in [0.29, 0.717) is 11.8 Å². The maximum Gasteiger partial charge on any atom is 0.115 e. The van der Waals surface area contributed by atoms with Crippen molar-refractivity contribution in [2.75, 3.05) is 25.0 Å². The quantitative estimate of drug-likeness (QED) is 0.651. The molecule has 1 aromatic carbocycles. The molecule has 20 heavy (non-hydrogen) atoms. The Morgan fingerprint density at radius 1 is 1.35 bits per heavy atom. The van der Waals surface area contributed by atoms with Crippen LogP contribution in [0.5, 0.6) is 5.75 Å². The van der Waals surface area contributed by atoms with Gasteiger partial charge in [-0.3, -0.25) is 4.90 Å². The highest BCUT2D eigenvalue weighted by atomic mass is 16.3. The van der Waals surface area contributed by atoms with Crippen molar-refractivity contribution in [2.45, 2.75) is 39.7 Å². The minimum atomic E-state index is 0.338. The van der Waals surface area contributed by atoms with Crippen molar-refractivity contribution >= 4 is 5.69 Å². The van der Waals surface area contributed by atoms with Gasteiger partial charge in [-0.05, 0) is 57.4 Å². The molecule has 0 atom stereocenters. The zero-order valence-corrected chi connectivity index (χ0v) is 12.8. The van der Waals surface area contributed by atoms with Crippen LogP contribution in [-0.4, -0.2) is 35.7 Å². The van der Waals surface area contributed by atoms with Crippen molar-refractivity contribution in [3.63, 3.8) is 0 Å². The molecule has 0 spiro atoms. The summed E-state index contributed by atoms with van der Waals surface area (Å²) < 4.78 is 0. The van der Waals surface area contributed by atoms with Crippen molar-refractivity contribution in [3.8, 4) is 5.75 Å². The fraction of sp³-hybridized carbons (Fsp3) is 0.529. The molecule has 0 saturated carbocycles. The second-order valence-electron chi connectivity index (χ2n) is 6.00. The fourth-order valence-corrected chi connectivity index (χ4v) is 2.60. The van der Waals surface area contributed by atoms with Gasteiger partial charge in [0.2, 0.25) is 0 Å². The smallest absolute Gasteiger partial charge is 0.115 e. The van der Waals surface area contributed by atoms with Gasteiger partial charge in [0.1, 0.15) is 5.75 Å². The Morgan fingerprint density at radius 3 is 2.65 bits per heavy atom. The van der Waals surface area contributed by atoms with Crippen LogP contribution in [-0.2, 0) is 0 Å². The third-order valence-corrected chi connectivity index (χ3v) is 3.91. The largest absolute Gasteiger partial charge is 0.508 e. The third-order valence-electron chi connectivity index (χ3n) is 3.91. The monoisotopic (exact) mass is 274 g/mol. The van der Waals surface area contributed by atoms with Crippen molar-refractivity contribution < 1.29 is 5.11 Å². The van der Waals surface area contributed by atoms with Crippen LogP contribution >= 0.6 is 0 Å². The number of piperidine rings is 1. The number of aromatic hydroxyl groups is 1. The molecule has 0 bridgehead atoms. The van der Waals surface area contributed by atoms with E-state index in [4.69, 9.17) is 0 Å². The Balaban J connectivity index is 1.83. The molecule has 0 unspecified atom stereocenters. The summed E-state index contributed by atoms with van der Waals surface area (Å²) in [5.41, 5.74) is 3.65. The molecule has 0 aromatic heterocycles. The first kappa shape index (κ1) is 14.9. The predicted octanol–water partition coefficient (Wildman–Crippen LogP) is 3.54. The number of rotatable bonds is 4. The van der Waals surface area contributed by atoms with Gasteiger partial charge in [-0.2, -0.15) is 0 Å². The molecule has 3 nitrogen and oxygen atoms in total. The lowest BCUT2D eigenvalue weighted by molar-refractivity contribution is 0.240. The van der Waals surface area contributed by atoms with Gasteiger partial charge in [0.15, 0.2) is 0 Å². The van der Waals surface area contributed by atoms with Gasteiger partial charge in [-0.1, -0.05) is 11.6 Å². The van der Waals surface area contributed by atoms with Crippen LogP contribution in [0.1, 0.15) is 32.3 Å². The van der Waals surface area contributed by atoms with Crippen LogP contribution in [0.3, 0.4) is 0 Å². The number of hydrogen-bond acceptors (Lipinski definition) is 3. The average molecular weight is 274 g/mol. The number of likely N-dealkylation sites (tertiary alicyclic amines) is 1. The normalized spacial score (nSPS) is 16.9. The Morgan fingerprint density at radius 2 is 2.05 bits per heavy atom. The number of allylic oxidation sites excluding steroid dienone is 1. The van der Waals surface area contributed by atoms with E-state index in [0.717, 1.165) is 30.9 Å². The second kappa shape index (κ2) is 6.80. The summed E-state index contributed by atoms with van der Waals surface area (Å²) in [6.45, 7) is 9.72. The Bertz CT molecular complexity index is 470. The number of aryl methyl sites for hydroxylation is 1. The van der Waals surface area contributed by atoms with Crippen LogP contribution in [0.25, 0.3) is 0 Å². The van der Waals surface area contributed by atoms with E-state index in [2.05, 4.69) is 30.1 Å². The standard InChI is InChI=1S/C17H26N2O/c1-13(2)6-9-19-10-7-15(8-11-19)18-17-5-4-16(20)12-14(17)3/h4-6,12,15,18,20H,7-11H2,1-3H3. The van der Waals surface area contributed by atoms with Gasteiger partial charge in [0, 0.05) is 31.4 Å². The summed E-state index contributed by atoms with van der Waals surface area (Å²) >= 11 is 0. The first-order chi connectivity index (χ1) is 9.54. The van der Waals surface area contributed by atoms with Crippen molar-refractivity contribution in [1.29, 1.82) is 0 Å². The van der Waals surface area contributed by atoms with Crippen LogP contribution in [0, 0.1) is 6.92 Å². The molecular formula is C17H26N2O. The summed E-state index contributed by atoms with van der Waals surface area (Å²) in [6.07, 6.45) is 4.66. The number of anilines is 1. The van der Waals surface area contributed by atoms with Gasteiger partial charge >= 0.3 is 0 Å². The maximum absolute atomic E-state index is 9.44. The highest BCUT2D eigenvalue weighted by Crippen LogP contribution is 2.23. The van der Waals surface area contributed by atoms with E-state index < -0.39 is 0 Å². The Kier molecular flexibility index (Phi) is 5.07. The number of nitrogens with zero attached hydrogens (tertiary/aromatic N) is 1. The minimum Gasteiger partial charge on any atom is -0.508 e. The summed E-state index contributed by atoms with van der Waals surface area (Å²) in [7, 11) is 0. The lowest BCUT2D eigenvalue weighted by Gasteiger charge is -2.32. The molecular weight excluding hydrogens is 248 g/mol. The topological polar surface area (TPSA) is 35.5 Å². The number of phenols is 1. The third kappa shape index (κ3) is 4.27. The van der Waals surface area contributed by atoms with Gasteiger partial charge < -0.3 is 10.4 Å². The molecule has 2 N–H and O–H groups in total. The second-order valence-corrected chi connectivity index (χ2v) is 6.00. The summed E-state index contributed by atoms with van der Waals surface area (Å²) in [5.74, 6) is 0.338. The highest BCUT2D eigenvalue weighted by Gasteiger charge is 2.18. The number of nitrogens with one attached hydrogen (secondary N) is 1. The van der Waals surface area contributed by atoms with E-state index >= 15 is 0 Å². The molecule has 0 radical (unpaired) electrons. The molecule has 1 aromatic rings. The van der Waals surface area contributed by atoms with Crippen LogP contribution in [0.2, 0.25) is 0 Å². The molecule has 3 heteroatoms.